The smallest absolute Gasteiger partial charge is 0.244 e. The van der Waals surface area contributed by atoms with Crippen LogP contribution in [0.2, 0.25) is 5.02 Å². The third kappa shape index (κ3) is 2.79. The first-order valence-corrected chi connectivity index (χ1v) is 6.07. The third-order valence-corrected chi connectivity index (χ3v) is 3.36. The van der Waals surface area contributed by atoms with Crippen LogP contribution in [-0.2, 0) is 16.1 Å². The van der Waals surface area contributed by atoms with Gasteiger partial charge in [0, 0.05) is 18.0 Å². The topological polar surface area (TPSA) is 37.4 Å². The van der Waals surface area contributed by atoms with E-state index in [0.29, 0.717) is 24.4 Å². The van der Waals surface area contributed by atoms with Gasteiger partial charge < -0.3 is 4.90 Å². The van der Waals surface area contributed by atoms with Crippen molar-refractivity contribution in [2.75, 3.05) is 0 Å². The Hall–Kier alpha value is -1.06. The van der Waals surface area contributed by atoms with Crippen molar-refractivity contribution in [1.29, 1.82) is 0 Å². The van der Waals surface area contributed by atoms with E-state index in [1.807, 2.05) is 12.1 Å². The van der Waals surface area contributed by atoms with E-state index in [9.17, 15) is 9.59 Å². The number of hydrogen-bond acceptors (Lipinski definition) is 2. The van der Waals surface area contributed by atoms with Crippen molar-refractivity contribution in [3.63, 3.8) is 0 Å². The van der Waals surface area contributed by atoms with Crippen molar-refractivity contribution in [3.05, 3.63) is 34.9 Å². The second-order valence-corrected chi connectivity index (χ2v) is 4.82. The summed E-state index contributed by atoms with van der Waals surface area (Å²) in [6.07, 6.45) is 0.894. The molecule has 0 unspecified atom stereocenters. The Kier molecular flexibility index (Phi) is 3.69. The summed E-state index contributed by atoms with van der Waals surface area (Å²) in [4.78, 5) is 24.4. The summed E-state index contributed by atoms with van der Waals surface area (Å²) in [5, 5.41) is 0.177. The summed E-state index contributed by atoms with van der Waals surface area (Å²) >= 11 is 11.3. The largest absolute Gasteiger partial charge is 0.327 e. The maximum absolute atomic E-state index is 11.6. The average Bonchev–Trinajstić information content (AvgIpc) is 2.64. The SMILES string of the molecule is O=C(Cl)[C@@H]1CCC(=O)N1Cc1ccc(Cl)cc1. The Labute approximate surface area is 109 Å². The first-order valence-electron chi connectivity index (χ1n) is 5.31. The molecule has 1 aliphatic rings. The van der Waals surface area contributed by atoms with Crippen LogP contribution < -0.4 is 0 Å². The maximum atomic E-state index is 11.6. The number of carbonyl (C=O) groups is 2. The minimum Gasteiger partial charge on any atom is -0.327 e. The van der Waals surface area contributed by atoms with Crippen molar-refractivity contribution in [2.24, 2.45) is 0 Å². The molecule has 5 heteroatoms. The van der Waals surface area contributed by atoms with Gasteiger partial charge in [-0.05, 0) is 35.7 Å². The Morgan fingerprint density at radius 2 is 2.00 bits per heavy atom. The van der Waals surface area contributed by atoms with Crippen molar-refractivity contribution >= 4 is 34.4 Å². The van der Waals surface area contributed by atoms with E-state index < -0.39 is 11.3 Å². The van der Waals surface area contributed by atoms with Crippen molar-refractivity contribution in [1.82, 2.24) is 4.90 Å². The molecule has 0 bridgehead atoms. The highest BCUT2D eigenvalue weighted by Crippen LogP contribution is 2.23. The Balaban J connectivity index is 2.13. The van der Waals surface area contributed by atoms with E-state index in [0.717, 1.165) is 5.56 Å². The second kappa shape index (κ2) is 5.07. The quantitative estimate of drug-likeness (QED) is 0.793. The van der Waals surface area contributed by atoms with E-state index in [1.54, 1.807) is 12.1 Å². The Morgan fingerprint density at radius 3 is 2.59 bits per heavy atom. The normalized spacial score (nSPS) is 19.8. The van der Waals surface area contributed by atoms with Gasteiger partial charge in [-0.1, -0.05) is 23.7 Å². The first kappa shape index (κ1) is 12.4. The fourth-order valence-electron chi connectivity index (χ4n) is 1.95. The number of halogens is 2. The average molecular weight is 272 g/mol. The maximum Gasteiger partial charge on any atom is 0.244 e. The lowest BCUT2D eigenvalue weighted by atomic mass is 10.2. The highest BCUT2D eigenvalue weighted by molar-refractivity contribution is 6.65. The molecule has 3 nitrogen and oxygen atoms in total. The number of likely N-dealkylation sites (tertiary alicyclic amines) is 1. The van der Waals surface area contributed by atoms with Crippen LogP contribution in [-0.4, -0.2) is 22.1 Å². The van der Waals surface area contributed by atoms with Gasteiger partial charge in [0.05, 0.1) is 0 Å². The van der Waals surface area contributed by atoms with Gasteiger partial charge in [-0.15, -0.1) is 0 Å². The van der Waals surface area contributed by atoms with Crippen molar-refractivity contribution in [2.45, 2.75) is 25.4 Å². The van der Waals surface area contributed by atoms with Gasteiger partial charge in [-0.25, -0.2) is 0 Å². The molecule has 1 fully saturated rings. The summed E-state index contributed by atoms with van der Waals surface area (Å²) in [6, 6.07) is 6.71. The minimum absolute atomic E-state index is 0.0287. The second-order valence-electron chi connectivity index (χ2n) is 4.01. The number of hydrogen-bond donors (Lipinski definition) is 0. The number of amides is 1. The number of rotatable bonds is 3. The van der Waals surface area contributed by atoms with Crippen LogP contribution in [0.3, 0.4) is 0 Å². The van der Waals surface area contributed by atoms with Gasteiger partial charge in [0.15, 0.2) is 0 Å². The van der Waals surface area contributed by atoms with Gasteiger partial charge in [0.1, 0.15) is 6.04 Å². The monoisotopic (exact) mass is 271 g/mol. The molecule has 0 N–H and O–H groups in total. The van der Waals surface area contributed by atoms with Crippen molar-refractivity contribution in [3.8, 4) is 0 Å². The molecule has 1 heterocycles. The van der Waals surface area contributed by atoms with Gasteiger partial charge in [0.25, 0.3) is 0 Å². The van der Waals surface area contributed by atoms with Gasteiger partial charge >= 0.3 is 0 Å². The molecule has 17 heavy (non-hydrogen) atoms. The molecule has 2 rings (SSSR count). The van der Waals surface area contributed by atoms with Crippen molar-refractivity contribution < 1.29 is 9.59 Å². The number of carbonyl (C=O) groups excluding carboxylic acids is 2. The van der Waals surface area contributed by atoms with Crippen LogP contribution in [0.4, 0.5) is 0 Å². The van der Waals surface area contributed by atoms with Gasteiger partial charge in [0.2, 0.25) is 11.1 Å². The minimum atomic E-state index is -0.486. The summed E-state index contributed by atoms with van der Waals surface area (Å²) in [7, 11) is 0. The molecular formula is C12H11Cl2NO2. The van der Waals surface area contributed by atoms with E-state index in [-0.39, 0.29) is 5.91 Å². The van der Waals surface area contributed by atoms with E-state index in [1.165, 1.54) is 4.90 Å². The van der Waals surface area contributed by atoms with E-state index in [2.05, 4.69) is 0 Å². The van der Waals surface area contributed by atoms with E-state index in [4.69, 9.17) is 23.2 Å². The van der Waals surface area contributed by atoms with Crippen LogP contribution >= 0.6 is 23.2 Å². The molecule has 90 valence electrons. The fraction of sp³-hybridized carbons (Fsp3) is 0.333. The highest BCUT2D eigenvalue weighted by atomic mass is 35.5. The molecule has 0 saturated carbocycles. The lowest BCUT2D eigenvalue weighted by Crippen LogP contribution is -2.36. The molecule has 0 aromatic heterocycles. The Bertz CT molecular complexity index is 444. The molecule has 1 aliphatic heterocycles. The summed E-state index contributed by atoms with van der Waals surface area (Å²) < 4.78 is 0. The Morgan fingerprint density at radius 1 is 1.35 bits per heavy atom. The molecule has 1 amide bonds. The predicted molar refractivity (Wildman–Crippen MR) is 65.9 cm³/mol. The summed E-state index contributed by atoms with van der Waals surface area (Å²) in [6.45, 7) is 0.402. The first-order chi connectivity index (χ1) is 8.08. The molecule has 0 spiro atoms. The standard InChI is InChI=1S/C12H11Cl2NO2/c13-9-3-1-8(2-4-9)7-15-10(12(14)17)5-6-11(15)16/h1-4,10H,5-7H2/t10-/m0/s1. The number of nitrogens with zero attached hydrogens (tertiary/aromatic N) is 1. The van der Waals surface area contributed by atoms with Crippen LogP contribution in [0.15, 0.2) is 24.3 Å². The predicted octanol–water partition coefficient (Wildman–Crippen LogP) is 2.60. The van der Waals surface area contributed by atoms with Crippen LogP contribution in [0.5, 0.6) is 0 Å². The molecule has 0 aliphatic carbocycles. The fourth-order valence-corrected chi connectivity index (χ4v) is 2.31. The molecule has 1 aromatic rings. The highest BCUT2D eigenvalue weighted by Gasteiger charge is 2.34. The zero-order chi connectivity index (χ0) is 12.4. The lowest BCUT2D eigenvalue weighted by molar-refractivity contribution is -0.132. The molecule has 0 radical (unpaired) electrons. The summed E-state index contributed by atoms with van der Waals surface area (Å²) in [5.41, 5.74) is 0.938. The zero-order valence-electron chi connectivity index (χ0n) is 9.03. The van der Waals surface area contributed by atoms with Crippen LogP contribution in [0, 0.1) is 0 Å². The zero-order valence-corrected chi connectivity index (χ0v) is 10.5. The van der Waals surface area contributed by atoms with Crippen LogP contribution in [0.1, 0.15) is 18.4 Å². The molecule has 1 atom stereocenters. The molecule has 1 saturated heterocycles. The molecular weight excluding hydrogens is 261 g/mol. The van der Waals surface area contributed by atoms with E-state index >= 15 is 0 Å². The third-order valence-electron chi connectivity index (χ3n) is 2.86. The lowest BCUT2D eigenvalue weighted by Gasteiger charge is -2.21. The molecule has 1 aromatic carbocycles. The number of benzene rings is 1. The summed E-state index contributed by atoms with van der Waals surface area (Å²) in [5.74, 6) is -0.0287. The van der Waals surface area contributed by atoms with Gasteiger partial charge in [-0.3, -0.25) is 9.59 Å². The van der Waals surface area contributed by atoms with Gasteiger partial charge in [-0.2, -0.15) is 0 Å². The van der Waals surface area contributed by atoms with Crippen LogP contribution in [0.25, 0.3) is 0 Å².